The van der Waals surface area contributed by atoms with Crippen LogP contribution >= 0.6 is 0 Å². The van der Waals surface area contributed by atoms with Crippen LogP contribution in [0.3, 0.4) is 0 Å². The largest absolute Gasteiger partial charge is 0.378 e. The van der Waals surface area contributed by atoms with Crippen molar-refractivity contribution in [3.63, 3.8) is 0 Å². The molecule has 0 bridgehead atoms. The zero-order chi connectivity index (χ0) is 13.0. The number of sulfonamides is 1. The molecule has 3 unspecified atom stereocenters. The highest BCUT2D eigenvalue weighted by molar-refractivity contribution is 7.89. The van der Waals surface area contributed by atoms with Crippen molar-refractivity contribution < 1.29 is 13.2 Å². The molecule has 5 nitrogen and oxygen atoms in total. The van der Waals surface area contributed by atoms with Crippen LogP contribution in [0.4, 0.5) is 0 Å². The second kappa shape index (κ2) is 6.32. The first kappa shape index (κ1) is 14.2. The molecule has 18 heavy (non-hydrogen) atoms. The molecule has 2 saturated heterocycles. The van der Waals surface area contributed by atoms with Gasteiger partial charge in [-0.3, -0.25) is 0 Å². The van der Waals surface area contributed by atoms with Crippen LogP contribution in [0.25, 0.3) is 0 Å². The molecule has 3 atom stereocenters. The molecule has 0 spiro atoms. The van der Waals surface area contributed by atoms with Crippen molar-refractivity contribution in [3.05, 3.63) is 0 Å². The Morgan fingerprint density at radius 1 is 1.33 bits per heavy atom. The Morgan fingerprint density at radius 2 is 2.17 bits per heavy atom. The van der Waals surface area contributed by atoms with Crippen LogP contribution in [0.15, 0.2) is 0 Å². The molecule has 0 amide bonds. The Hall–Kier alpha value is -0.170. The van der Waals surface area contributed by atoms with Gasteiger partial charge in [-0.05, 0) is 32.7 Å². The van der Waals surface area contributed by atoms with Gasteiger partial charge in [0.25, 0.3) is 0 Å². The van der Waals surface area contributed by atoms with Gasteiger partial charge in [0.2, 0.25) is 10.0 Å². The van der Waals surface area contributed by atoms with Gasteiger partial charge < -0.3 is 10.1 Å². The molecule has 0 aromatic carbocycles. The van der Waals surface area contributed by atoms with E-state index in [0.29, 0.717) is 12.5 Å². The average Bonchev–Trinajstić information content (AvgIpc) is 2.73. The average molecular weight is 276 g/mol. The fraction of sp³-hybridized carbons (Fsp3) is 1.00. The van der Waals surface area contributed by atoms with Crippen LogP contribution < -0.4 is 10.0 Å². The lowest BCUT2D eigenvalue weighted by Crippen LogP contribution is -2.43. The van der Waals surface area contributed by atoms with E-state index in [9.17, 15) is 8.42 Å². The van der Waals surface area contributed by atoms with Crippen LogP contribution in [-0.4, -0.2) is 46.0 Å². The Balaban J connectivity index is 1.76. The number of rotatable bonds is 5. The van der Waals surface area contributed by atoms with Crippen molar-refractivity contribution in [2.24, 2.45) is 5.92 Å². The molecule has 2 N–H and O–H groups in total. The molecule has 6 heteroatoms. The maximum Gasteiger partial charge on any atom is 0.213 e. The molecule has 2 fully saturated rings. The molecule has 0 radical (unpaired) electrons. The van der Waals surface area contributed by atoms with E-state index in [-0.39, 0.29) is 17.9 Å². The molecule has 2 aliphatic heterocycles. The van der Waals surface area contributed by atoms with E-state index in [2.05, 4.69) is 10.0 Å². The summed E-state index contributed by atoms with van der Waals surface area (Å²) in [6.07, 6.45) is 4.36. The van der Waals surface area contributed by atoms with Crippen LogP contribution in [-0.2, 0) is 14.8 Å². The van der Waals surface area contributed by atoms with E-state index in [0.717, 1.165) is 38.8 Å². The van der Waals surface area contributed by atoms with Gasteiger partial charge in [0, 0.05) is 25.1 Å². The normalized spacial score (nSPS) is 33.7. The third kappa shape index (κ3) is 4.19. The predicted molar refractivity (Wildman–Crippen MR) is 71.0 cm³/mol. The summed E-state index contributed by atoms with van der Waals surface area (Å²) >= 11 is 0. The first-order chi connectivity index (χ1) is 8.57. The van der Waals surface area contributed by atoms with E-state index < -0.39 is 10.0 Å². The van der Waals surface area contributed by atoms with Gasteiger partial charge in [0.1, 0.15) is 0 Å². The fourth-order valence-corrected chi connectivity index (χ4v) is 4.07. The third-order valence-corrected chi connectivity index (χ3v) is 5.38. The first-order valence-electron chi connectivity index (χ1n) is 6.89. The van der Waals surface area contributed by atoms with Gasteiger partial charge in [-0.15, -0.1) is 0 Å². The summed E-state index contributed by atoms with van der Waals surface area (Å²) in [4.78, 5) is 0. The molecular formula is C12H24N2O3S. The number of nitrogens with one attached hydrogen (secondary N) is 2. The van der Waals surface area contributed by atoms with E-state index in [1.54, 1.807) is 0 Å². The Morgan fingerprint density at radius 3 is 2.78 bits per heavy atom. The van der Waals surface area contributed by atoms with Crippen LogP contribution in [0.5, 0.6) is 0 Å². The van der Waals surface area contributed by atoms with Gasteiger partial charge in [-0.25, -0.2) is 13.1 Å². The summed E-state index contributed by atoms with van der Waals surface area (Å²) in [5.41, 5.74) is 0. The van der Waals surface area contributed by atoms with Gasteiger partial charge in [-0.2, -0.15) is 0 Å². The number of hydrogen-bond donors (Lipinski definition) is 2. The van der Waals surface area contributed by atoms with Crippen LogP contribution in [0.1, 0.15) is 32.6 Å². The Bertz CT molecular complexity index is 352. The highest BCUT2D eigenvalue weighted by atomic mass is 32.2. The van der Waals surface area contributed by atoms with Crippen molar-refractivity contribution in [2.45, 2.75) is 44.8 Å². The molecular weight excluding hydrogens is 252 g/mol. The number of ether oxygens (including phenoxy) is 1. The van der Waals surface area contributed by atoms with Gasteiger partial charge in [-0.1, -0.05) is 6.42 Å². The lowest BCUT2D eigenvalue weighted by atomic mass is 10.0. The van der Waals surface area contributed by atoms with Crippen molar-refractivity contribution in [1.29, 1.82) is 0 Å². The van der Waals surface area contributed by atoms with E-state index in [1.807, 2.05) is 6.92 Å². The summed E-state index contributed by atoms with van der Waals surface area (Å²) in [6, 6.07) is 0.119. The van der Waals surface area contributed by atoms with Gasteiger partial charge in [0.05, 0.1) is 11.9 Å². The fourth-order valence-electron chi connectivity index (χ4n) is 2.67. The quantitative estimate of drug-likeness (QED) is 0.766. The predicted octanol–water partition coefficient (Wildman–Crippen LogP) is 0.473. The van der Waals surface area contributed by atoms with Crippen molar-refractivity contribution in [1.82, 2.24) is 10.0 Å². The maximum absolute atomic E-state index is 12.0. The minimum Gasteiger partial charge on any atom is -0.378 e. The Labute approximate surface area is 110 Å². The summed E-state index contributed by atoms with van der Waals surface area (Å²) in [7, 11) is -3.16. The summed E-state index contributed by atoms with van der Waals surface area (Å²) < 4.78 is 32.1. The molecule has 0 aromatic heterocycles. The highest BCUT2D eigenvalue weighted by Gasteiger charge is 2.27. The third-order valence-electron chi connectivity index (χ3n) is 3.93. The first-order valence-corrected chi connectivity index (χ1v) is 8.54. The molecule has 106 valence electrons. The van der Waals surface area contributed by atoms with E-state index >= 15 is 0 Å². The summed E-state index contributed by atoms with van der Waals surface area (Å²) in [5.74, 6) is 0.522. The lowest BCUT2D eigenvalue weighted by Gasteiger charge is -2.23. The topological polar surface area (TPSA) is 67.4 Å². The smallest absolute Gasteiger partial charge is 0.213 e. The molecule has 2 heterocycles. The SMILES string of the molecule is CC1OCCC1CNS(=O)(=O)CC1CCCCN1. The van der Waals surface area contributed by atoms with Crippen molar-refractivity contribution in [3.8, 4) is 0 Å². The standard InChI is InChI=1S/C12H24N2O3S/c1-10-11(5-7-17-10)8-14-18(15,16)9-12-4-2-3-6-13-12/h10-14H,2-9H2,1H3. The molecule has 2 rings (SSSR count). The van der Waals surface area contributed by atoms with Crippen molar-refractivity contribution >= 4 is 10.0 Å². The van der Waals surface area contributed by atoms with Crippen LogP contribution in [0.2, 0.25) is 0 Å². The number of piperidine rings is 1. The van der Waals surface area contributed by atoms with E-state index in [1.165, 1.54) is 0 Å². The van der Waals surface area contributed by atoms with E-state index in [4.69, 9.17) is 4.74 Å². The summed E-state index contributed by atoms with van der Waals surface area (Å²) in [6.45, 7) is 4.20. The van der Waals surface area contributed by atoms with Gasteiger partial charge >= 0.3 is 0 Å². The zero-order valence-electron chi connectivity index (χ0n) is 11.0. The second-order valence-corrected chi connectivity index (χ2v) is 7.25. The molecule has 0 aliphatic carbocycles. The zero-order valence-corrected chi connectivity index (χ0v) is 11.8. The molecule has 0 saturated carbocycles. The molecule has 2 aliphatic rings. The Kier molecular flexibility index (Phi) is 5.00. The minimum absolute atomic E-state index is 0.119. The van der Waals surface area contributed by atoms with Crippen LogP contribution in [0, 0.1) is 5.92 Å². The number of hydrogen-bond acceptors (Lipinski definition) is 4. The van der Waals surface area contributed by atoms with Gasteiger partial charge in [0.15, 0.2) is 0 Å². The minimum atomic E-state index is -3.16. The monoisotopic (exact) mass is 276 g/mol. The highest BCUT2D eigenvalue weighted by Crippen LogP contribution is 2.19. The molecule has 0 aromatic rings. The second-order valence-electron chi connectivity index (χ2n) is 5.40. The summed E-state index contributed by atoms with van der Waals surface area (Å²) in [5, 5.41) is 3.27. The lowest BCUT2D eigenvalue weighted by molar-refractivity contribution is 0.107. The van der Waals surface area contributed by atoms with Crippen molar-refractivity contribution in [2.75, 3.05) is 25.4 Å². The maximum atomic E-state index is 12.0.